The van der Waals surface area contributed by atoms with Crippen molar-refractivity contribution in [2.24, 2.45) is 0 Å². The van der Waals surface area contributed by atoms with E-state index in [1.165, 1.54) is 18.5 Å². The summed E-state index contributed by atoms with van der Waals surface area (Å²) >= 11 is 5.93. The number of nitrogens with zero attached hydrogens (tertiary/aromatic N) is 2. The van der Waals surface area contributed by atoms with Gasteiger partial charge in [0.15, 0.2) is 0 Å². The van der Waals surface area contributed by atoms with E-state index in [2.05, 4.69) is 34.2 Å². The molecule has 0 amide bonds. The van der Waals surface area contributed by atoms with Crippen LogP contribution in [0.5, 0.6) is 0 Å². The largest absolute Gasteiger partial charge is 0.298 e. The number of hydrogen-bond donors (Lipinski definition) is 0. The number of fused-ring (bicyclic) bond motifs is 2. The third-order valence-corrected chi connectivity index (χ3v) is 4.91. The third kappa shape index (κ3) is 2.29. The van der Waals surface area contributed by atoms with E-state index in [0.29, 0.717) is 0 Å². The first-order chi connectivity index (χ1) is 10.3. The van der Waals surface area contributed by atoms with Crippen LogP contribution in [0.3, 0.4) is 0 Å². The Hall–Kier alpha value is -1.64. The van der Waals surface area contributed by atoms with Gasteiger partial charge in [-0.25, -0.2) is 0 Å². The summed E-state index contributed by atoms with van der Waals surface area (Å²) in [5.41, 5.74) is 3.62. The van der Waals surface area contributed by atoms with Crippen molar-refractivity contribution in [3.05, 3.63) is 65.3 Å². The molecule has 21 heavy (non-hydrogen) atoms. The fourth-order valence-corrected chi connectivity index (χ4v) is 3.57. The highest BCUT2D eigenvalue weighted by Crippen LogP contribution is 2.38. The molecule has 1 saturated heterocycles. The Kier molecular flexibility index (Phi) is 3.09. The normalized spacial score (nSPS) is 27.0. The first-order valence-corrected chi connectivity index (χ1v) is 7.76. The molecule has 3 heterocycles. The minimum absolute atomic E-state index is 0.184. The molecule has 1 aromatic carbocycles. The predicted octanol–water partition coefficient (Wildman–Crippen LogP) is 3.92. The molecular weight excluding hydrogens is 280 g/mol. The lowest BCUT2D eigenvalue weighted by atomic mass is 9.79. The number of rotatable bonds is 2. The van der Waals surface area contributed by atoms with E-state index in [0.717, 1.165) is 29.4 Å². The molecule has 2 aliphatic heterocycles. The molecule has 3 heteroatoms. The molecule has 0 aliphatic carbocycles. The van der Waals surface area contributed by atoms with E-state index >= 15 is 0 Å². The summed E-state index contributed by atoms with van der Waals surface area (Å²) in [4.78, 5) is 7.18. The first-order valence-electron chi connectivity index (χ1n) is 7.38. The zero-order chi connectivity index (χ0) is 14.3. The van der Waals surface area contributed by atoms with Crippen LogP contribution in [-0.2, 0) is 5.41 Å². The van der Waals surface area contributed by atoms with Crippen molar-refractivity contribution in [2.45, 2.75) is 11.8 Å². The van der Waals surface area contributed by atoms with Gasteiger partial charge in [0.05, 0.1) is 5.69 Å². The average Bonchev–Trinajstić information content (AvgIpc) is 2.84. The summed E-state index contributed by atoms with van der Waals surface area (Å²) in [6.45, 7) is 3.41. The molecule has 2 unspecified atom stereocenters. The molecule has 0 radical (unpaired) electrons. The molecule has 1 aromatic heterocycles. The number of benzene rings is 1. The summed E-state index contributed by atoms with van der Waals surface area (Å²) in [6, 6.07) is 12.2. The van der Waals surface area contributed by atoms with Crippen molar-refractivity contribution in [2.75, 3.05) is 19.6 Å². The van der Waals surface area contributed by atoms with Gasteiger partial charge in [-0.15, -0.1) is 0 Å². The maximum Gasteiger partial charge on any atom is 0.0702 e. The highest BCUT2D eigenvalue weighted by molar-refractivity contribution is 6.30. The molecule has 2 aliphatic rings. The van der Waals surface area contributed by atoms with Gasteiger partial charge in [-0.2, -0.15) is 0 Å². The van der Waals surface area contributed by atoms with Gasteiger partial charge in [0.25, 0.3) is 0 Å². The summed E-state index contributed by atoms with van der Waals surface area (Å²) in [7, 11) is 0. The Morgan fingerprint density at radius 3 is 2.71 bits per heavy atom. The van der Waals surface area contributed by atoms with Crippen LogP contribution in [-0.4, -0.2) is 29.5 Å². The average molecular weight is 297 g/mol. The van der Waals surface area contributed by atoms with Gasteiger partial charge in [0, 0.05) is 35.3 Å². The Morgan fingerprint density at radius 1 is 1.10 bits per heavy atom. The van der Waals surface area contributed by atoms with E-state index in [-0.39, 0.29) is 5.41 Å². The SMILES string of the molecule is Clc1ccc(-c2ccc(C34C=CCN(CC3)C4)cn2)cc1. The Bertz CT molecular complexity index is 675. The van der Waals surface area contributed by atoms with E-state index in [9.17, 15) is 0 Å². The van der Waals surface area contributed by atoms with Crippen LogP contribution in [0.4, 0.5) is 0 Å². The van der Waals surface area contributed by atoms with Crippen molar-refractivity contribution < 1.29 is 0 Å². The fourth-order valence-electron chi connectivity index (χ4n) is 3.45. The van der Waals surface area contributed by atoms with E-state index < -0.39 is 0 Å². The Labute approximate surface area is 130 Å². The highest BCUT2D eigenvalue weighted by atomic mass is 35.5. The second-order valence-electron chi connectivity index (χ2n) is 5.98. The standard InChI is InChI=1S/C18H17ClN2/c19-16-5-2-14(3-6-16)17-7-4-15(12-20-17)18-8-1-10-21(13-18)11-9-18/h1-8,12H,9-11,13H2. The van der Waals surface area contributed by atoms with Crippen LogP contribution in [0, 0.1) is 0 Å². The van der Waals surface area contributed by atoms with Crippen LogP contribution in [0.25, 0.3) is 11.3 Å². The van der Waals surface area contributed by atoms with E-state index in [1.54, 1.807) is 0 Å². The van der Waals surface area contributed by atoms with Crippen LogP contribution >= 0.6 is 11.6 Å². The van der Waals surface area contributed by atoms with Gasteiger partial charge in [0.1, 0.15) is 0 Å². The number of halogens is 1. The van der Waals surface area contributed by atoms with Gasteiger partial charge >= 0.3 is 0 Å². The molecule has 1 fully saturated rings. The molecule has 0 N–H and O–H groups in total. The minimum Gasteiger partial charge on any atom is -0.298 e. The highest BCUT2D eigenvalue weighted by Gasteiger charge is 2.39. The van der Waals surface area contributed by atoms with Gasteiger partial charge in [-0.3, -0.25) is 9.88 Å². The van der Waals surface area contributed by atoms with Gasteiger partial charge in [0.2, 0.25) is 0 Å². The summed E-state index contributed by atoms with van der Waals surface area (Å²) in [5.74, 6) is 0. The quantitative estimate of drug-likeness (QED) is 0.781. The van der Waals surface area contributed by atoms with E-state index in [4.69, 9.17) is 11.6 Å². The van der Waals surface area contributed by atoms with Crippen LogP contribution in [0.15, 0.2) is 54.7 Å². The lowest BCUT2D eigenvalue weighted by molar-refractivity contribution is 0.345. The zero-order valence-corrected chi connectivity index (χ0v) is 12.6. The number of hydrogen-bond acceptors (Lipinski definition) is 2. The molecule has 2 nitrogen and oxygen atoms in total. The monoisotopic (exact) mass is 296 g/mol. The van der Waals surface area contributed by atoms with Crippen molar-refractivity contribution in [1.82, 2.24) is 9.88 Å². The zero-order valence-electron chi connectivity index (χ0n) is 11.8. The molecule has 0 saturated carbocycles. The molecule has 2 atom stereocenters. The van der Waals surface area contributed by atoms with Crippen LogP contribution in [0.2, 0.25) is 5.02 Å². The van der Waals surface area contributed by atoms with E-state index in [1.807, 2.05) is 30.5 Å². The van der Waals surface area contributed by atoms with Gasteiger partial charge < -0.3 is 0 Å². The maximum absolute atomic E-state index is 5.93. The third-order valence-electron chi connectivity index (χ3n) is 4.66. The van der Waals surface area contributed by atoms with Crippen LogP contribution < -0.4 is 0 Å². The van der Waals surface area contributed by atoms with Crippen LogP contribution in [0.1, 0.15) is 12.0 Å². The topological polar surface area (TPSA) is 16.1 Å². The van der Waals surface area contributed by atoms with Crippen molar-refractivity contribution in [3.63, 3.8) is 0 Å². The lowest BCUT2D eigenvalue weighted by Gasteiger charge is -2.29. The lowest BCUT2D eigenvalue weighted by Crippen LogP contribution is -2.33. The second kappa shape index (κ2) is 4.97. The first kappa shape index (κ1) is 13.1. The van der Waals surface area contributed by atoms with Gasteiger partial charge in [-0.05, 0) is 36.7 Å². The summed E-state index contributed by atoms with van der Waals surface area (Å²) in [5, 5.41) is 0.757. The van der Waals surface area contributed by atoms with Crippen molar-refractivity contribution >= 4 is 11.6 Å². The molecule has 2 aromatic rings. The van der Waals surface area contributed by atoms with Crippen molar-refractivity contribution in [3.8, 4) is 11.3 Å². The molecule has 2 bridgehead atoms. The number of pyridine rings is 1. The predicted molar refractivity (Wildman–Crippen MR) is 86.6 cm³/mol. The van der Waals surface area contributed by atoms with Crippen molar-refractivity contribution in [1.29, 1.82) is 0 Å². The smallest absolute Gasteiger partial charge is 0.0702 e. The maximum atomic E-state index is 5.93. The van der Waals surface area contributed by atoms with Gasteiger partial charge in [-0.1, -0.05) is 42.0 Å². The molecular formula is C18H17ClN2. The summed E-state index contributed by atoms with van der Waals surface area (Å²) < 4.78 is 0. The Balaban J connectivity index is 1.66. The second-order valence-corrected chi connectivity index (χ2v) is 6.42. The minimum atomic E-state index is 0.184. The molecule has 106 valence electrons. The Morgan fingerprint density at radius 2 is 1.95 bits per heavy atom. The fraction of sp³-hybridized carbons (Fsp3) is 0.278. The number of aromatic nitrogens is 1. The molecule has 4 rings (SSSR count). The summed E-state index contributed by atoms with van der Waals surface area (Å²) in [6.07, 6.45) is 7.92. The molecule has 0 spiro atoms.